The predicted molar refractivity (Wildman–Crippen MR) is 62.5 cm³/mol. The van der Waals surface area contributed by atoms with E-state index in [1.54, 1.807) is 0 Å². The smallest absolute Gasteiger partial charge is 0.265 e. The molecule has 1 heterocycles. The SMILES string of the molecule is CCc1nnsc1C(=O)NC(C)CCCO. The van der Waals surface area contributed by atoms with Gasteiger partial charge in [-0.1, -0.05) is 11.4 Å². The molecule has 0 aliphatic rings. The van der Waals surface area contributed by atoms with Crippen LogP contribution in [0.2, 0.25) is 0 Å². The Morgan fingerprint density at radius 2 is 2.38 bits per heavy atom. The van der Waals surface area contributed by atoms with Crippen molar-refractivity contribution in [2.75, 3.05) is 6.61 Å². The van der Waals surface area contributed by atoms with E-state index in [2.05, 4.69) is 14.9 Å². The Morgan fingerprint density at radius 3 is 3.00 bits per heavy atom. The maximum Gasteiger partial charge on any atom is 0.265 e. The van der Waals surface area contributed by atoms with Gasteiger partial charge in [0.15, 0.2) is 0 Å². The van der Waals surface area contributed by atoms with E-state index in [0.717, 1.165) is 23.6 Å². The molecule has 1 aromatic rings. The molecule has 0 fully saturated rings. The van der Waals surface area contributed by atoms with Gasteiger partial charge >= 0.3 is 0 Å². The topological polar surface area (TPSA) is 75.1 Å². The molecule has 16 heavy (non-hydrogen) atoms. The number of carbonyl (C=O) groups excluding carboxylic acids is 1. The van der Waals surface area contributed by atoms with Crippen LogP contribution in [0, 0.1) is 0 Å². The predicted octanol–water partition coefficient (Wildman–Crippen LogP) is 0.991. The molecule has 0 aliphatic carbocycles. The molecule has 1 aromatic heterocycles. The fourth-order valence-electron chi connectivity index (χ4n) is 1.37. The van der Waals surface area contributed by atoms with Crippen molar-refractivity contribution >= 4 is 17.4 Å². The molecule has 1 atom stereocenters. The van der Waals surface area contributed by atoms with E-state index in [-0.39, 0.29) is 18.6 Å². The second-order valence-electron chi connectivity index (χ2n) is 3.64. The zero-order valence-electron chi connectivity index (χ0n) is 9.56. The van der Waals surface area contributed by atoms with Crippen LogP contribution in [0.15, 0.2) is 0 Å². The van der Waals surface area contributed by atoms with Gasteiger partial charge < -0.3 is 10.4 Å². The summed E-state index contributed by atoms with van der Waals surface area (Å²) in [4.78, 5) is 12.4. The standard InChI is InChI=1S/C10H17N3O2S/c1-3-8-9(16-13-12-8)10(15)11-7(2)5-4-6-14/h7,14H,3-6H2,1-2H3,(H,11,15). The molecule has 1 unspecified atom stereocenters. The molecule has 0 saturated heterocycles. The normalized spacial score (nSPS) is 12.4. The molecule has 0 spiro atoms. The number of hydrogen-bond donors (Lipinski definition) is 2. The van der Waals surface area contributed by atoms with E-state index in [0.29, 0.717) is 17.7 Å². The highest BCUT2D eigenvalue weighted by atomic mass is 32.1. The summed E-state index contributed by atoms with van der Waals surface area (Å²) in [5.74, 6) is -0.114. The van der Waals surface area contributed by atoms with Gasteiger partial charge in [-0.15, -0.1) is 5.10 Å². The van der Waals surface area contributed by atoms with Crippen molar-refractivity contribution in [3.05, 3.63) is 10.6 Å². The monoisotopic (exact) mass is 243 g/mol. The molecule has 0 bridgehead atoms. The number of aliphatic hydroxyl groups is 1. The Balaban J connectivity index is 2.52. The summed E-state index contributed by atoms with van der Waals surface area (Å²) < 4.78 is 3.77. The Bertz CT molecular complexity index is 341. The maximum absolute atomic E-state index is 11.8. The van der Waals surface area contributed by atoms with Crippen molar-refractivity contribution in [1.29, 1.82) is 0 Å². The average molecular weight is 243 g/mol. The van der Waals surface area contributed by atoms with Crippen LogP contribution in [0.3, 0.4) is 0 Å². The van der Waals surface area contributed by atoms with Crippen LogP contribution in [0.25, 0.3) is 0 Å². The van der Waals surface area contributed by atoms with Crippen LogP contribution in [0.4, 0.5) is 0 Å². The number of nitrogens with one attached hydrogen (secondary N) is 1. The number of carbonyl (C=O) groups is 1. The highest BCUT2D eigenvalue weighted by Crippen LogP contribution is 2.11. The molecular weight excluding hydrogens is 226 g/mol. The zero-order valence-corrected chi connectivity index (χ0v) is 10.4. The number of amides is 1. The summed E-state index contributed by atoms with van der Waals surface area (Å²) in [5.41, 5.74) is 0.747. The minimum atomic E-state index is -0.114. The number of rotatable bonds is 6. The van der Waals surface area contributed by atoms with Gasteiger partial charge in [0.05, 0.1) is 5.69 Å². The molecule has 0 aromatic carbocycles. The minimum absolute atomic E-state index is 0.0615. The van der Waals surface area contributed by atoms with Crippen LogP contribution in [-0.4, -0.2) is 33.2 Å². The molecule has 0 aliphatic heterocycles. The number of nitrogens with zero attached hydrogens (tertiary/aromatic N) is 2. The van der Waals surface area contributed by atoms with Crippen LogP contribution >= 0.6 is 11.5 Å². The molecule has 6 heteroatoms. The van der Waals surface area contributed by atoms with Gasteiger partial charge in [-0.3, -0.25) is 4.79 Å². The molecular formula is C10H17N3O2S. The van der Waals surface area contributed by atoms with Crippen molar-refractivity contribution in [2.45, 2.75) is 39.2 Å². The van der Waals surface area contributed by atoms with Gasteiger partial charge in [-0.25, -0.2) is 0 Å². The van der Waals surface area contributed by atoms with E-state index in [9.17, 15) is 4.79 Å². The summed E-state index contributed by atoms with van der Waals surface area (Å²) in [6.45, 7) is 4.03. The number of hydrogen-bond acceptors (Lipinski definition) is 5. The lowest BCUT2D eigenvalue weighted by atomic mass is 10.2. The van der Waals surface area contributed by atoms with E-state index in [1.807, 2.05) is 13.8 Å². The molecule has 0 saturated carbocycles. The third kappa shape index (κ3) is 3.53. The molecule has 0 radical (unpaired) electrons. The Kier molecular flexibility index (Phi) is 5.34. The lowest BCUT2D eigenvalue weighted by Gasteiger charge is -2.12. The lowest BCUT2D eigenvalue weighted by molar-refractivity contribution is 0.0939. The molecule has 2 N–H and O–H groups in total. The quantitative estimate of drug-likeness (QED) is 0.781. The zero-order chi connectivity index (χ0) is 12.0. The summed E-state index contributed by atoms with van der Waals surface area (Å²) in [6, 6.07) is 0.0615. The summed E-state index contributed by atoms with van der Waals surface area (Å²) in [7, 11) is 0. The minimum Gasteiger partial charge on any atom is -0.396 e. The first-order chi connectivity index (χ1) is 7.69. The molecule has 5 nitrogen and oxygen atoms in total. The summed E-state index contributed by atoms with van der Waals surface area (Å²) in [5, 5.41) is 15.4. The molecule has 90 valence electrons. The van der Waals surface area contributed by atoms with Crippen molar-refractivity contribution in [3.63, 3.8) is 0 Å². The fraction of sp³-hybridized carbons (Fsp3) is 0.700. The van der Waals surface area contributed by atoms with Gasteiger partial charge in [0, 0.05) is 12.6 Å². The van der Waals surface area contributed by atoms with Crippen molar-refractivity contribution in [1.82, 2.24) is 14.9 Å². The van der Waals surface area contributed by atoms with E-state index >= 15 is 0 Å². The number of aliphatic hydroxyl groups excluding tert-OH is 1. The van der Waals surface area contributed by atoms with Crippen LogP contribution in [0.1, 0.15) is 42.1 Å². The third-order valence-corrected chi connectivity index (χ3v) is 3.04. The largest absolute Gasteiger partial charge is 0.396 e. The first-order valence-corrected chi connectivity index (χ1v) is 6.19. The molecule has 1 amide bonds. The van der Waals surface area contributed by atoms with Gasteiger partial charge in [0.2, 0.25) is 0 Å². The highest BCUT2D eigenvalue weighted by molar-refractivity contribution is 7.08. The van der Waals surface area contributed by atoms with Crippen LogP contribution in [0.5, 0.6) is 0 Å². The van der Waals surface area contributed by atoms with Gasteiger partial charge in [0.1, 0.15) is 4.88 Å². The Morgan fingerprint density at radius 1 is 1.62 bits per heavy atom. The first kappa shape index (κ1) is 13.1. The van der Waals surface area contributed by atoms with Crippen LogP contribution in [-0.2, 0) is 6.42 Å². The third-order valence-electron chi connectivity index (χ3n) is 2.27. The number of aromatic nitrogens is 2. The van der Waals surface area contributed by atoms with E-state index in [1.165, 1.54) is 0 Å². The lowest BCUT2D eigenvalue weighted by Crippen LogP contribution is -2.32. The Hall–Kier alpha value is -1.01. The van der Waals surface area contributed by atoms with Gasteiger partial charge in [-0.2, -0.15) is 0 Å². The second kappa shape index (κ2) is 6.55. The first-order valence-electron chi connectivity index (χ1n) is 5.42. The van der Waals surface area contributed by atoms with Crippen LogP contribution < -0.4 is 5.32 Å². The van der Waals surface area contributed by atoms with Crippen molar-refractivity contribution in [3.8, 4) is 0 Å². The summed E-state index contributed by atoms with van der Waals surface area (Å²) >= 11 is 1.13. The van der Waals surface area contributed by atoms with E-state index in [4.69, 9.17) is 5.11 Å². The summed E-state index contributed by atoms with van der Waals surface area (Å²) in [6.07, 6.45) is 2.18. The Labute approximate surface area is 99.0 Å². The highest BCUT2D eigenvalue weighted by Gasteiger charge is 2.16. The maximum atomic E-state index is 11.8. The fourth-order valence-corrected chi connectivity index (χ4v) is 2.02. The van der Waals surface area contributed by atoms with Crippen molar-refractivity contribution < 1.29 is 9.90 Å². The average Bonchev–Trinajstić information content (AvgIpc) is 2.74. The molecule has 1 rings (SSSR count). The van der Waals surface area contributed by atoms with Crippen molar-refractivity contribution in [2.24, 2.45) is 0 Å². The number of aryl methyl sites for hydroxylation is 1. The second-order valence-corrected chi connectivity index (χ2v) is 4.40. The van der Waals surface area contributed by atoms with Gasteiger partial charge in [0.25, 0.3) is 5.91 Å². The van der Waals surface area contributed by atoms with Gasteiger partial charge in [-0.05, 0) is 37.7 Å². The van der Waals surface area contributed by atoms with E-state index < -0.39 is 0 Å².